The van der Waals surface area contributed by atoms with Gasteiger partial charge in [-0.2, -0.15) is 5.10 Å². The molecule has 0 spiro atoms. The average Bonchev–Trinajstić information content (AvgIpc) is 3.14. The normalized spacial score (nSPS) is 15.7. The van der Waals surface area contributed by atoms with Crippen LogP contribution in [0.5, 0.6) is 0 Å². The van der Waals surface area contributed by atoms with E-state index in [0.717, 1.165) is 31.5 Å². The number of hydrogen-bond acceptors (Lipinski definition) is 4. The Kier molecular flexibility index (Phi) is 4.32. The van der Waals surface area contributed by atoms with E-state index in [2.05, 4.69) is 25.4 Å². The van der Waals surface area contributed by atoms with Gasteiger partial charge in [0.2, 0.25) is 0 Å². The van der Waals surface area contributed by atoms with Crippen molar-refractivity contribution in [1.29, 1.82) is 0 Å². The molecule has 0 atom stereocenters. The molecule has 1 aliphatic heterocycles. The average molecular weight is 337 g/mol. The van der Waals surface area contributed by atoms with E-state index in [9.17, 15) is 4.39 Å². The predicted molar refractivity (Wildman–Crippen MR) is 88.1 cm³/mol. The number of pyridine rings is 1. The molecule has 3 aromatic heterocycles. The molecule has 2 N–H and O–H groups in total. The number of aromatic nitrogens is 5. The first kappa shape index (κ1) is 15.9. The van der Waals surface area contributed by atoms with E-state index in [-0.39, 0.29) is 24.1 Å². The maximum absolute atomic E-state index is 14.4. The van der Waals surface area contributed by atoms with E-state index < -0.39 is 0 Å². The van der Waals surface area contributed by atoms with Gasteiger partial charge in [0, 0.05) is 18.8 Å². The summed E-state index contributed by atoms with van der Waals surface area (Å²) in [5.41, 5.74) is 2.84. The molecule has 23 heavy (non-hydrogen) atoms. The highest BCUT2D eigenvalue weighted by Crippen LogP contribution is 2.32. The van der Waals surface area contributed by atoms with Crippen LogP contribution in [0.1, 0.15) is 24.3 Å². The van der Waals surface area contributed by atoms with Crippen LogP contribution in [-0.2, 0) is 7.05 Å². The largest absolute Gasteiger partial charge is 0.323 e. The highest BCUT2D eigenvalue weighted by atomic mass is 35.5. The Morgan fingerprint density at radius 3 is 2.74 bits per heavy atom. The van der Waals surface area contributed by atoms with Gasteiger partial charge in [0.1, 0.15) is 17.2 Å². The molecule has 0 bridgehead atoms. The smallest absolute Gasteiger partial charge is 0.158 e. The highest BCUT2D eigenvalue weighted by Gasteiger charge is 2.24. The van der Waals surface area contributed by atoms with Crippen LogP contribution in [0.2, 0.25) is 0 Å². The maximum atomic E-state index is 14.4. The Bertz CT molecular complexity index is 821. The summed E-state index contributed by atoms with van der Waals surface area (Å²) in [5, 5.41) is 7.46. The number of aryl methyl sites for hydroxylation is 1. The van der Waals surface area contributed by atoms with Crippen LogP contribution in [0, 0.1) is 5.82 Å². The second-order valence-corrected chi connectivity index (χ2v) is 5.73. The number of imidazole rings is 1. The number of H-pyrrole nitrogens is 1. The third kappa shape index (κ3) is 2.82. The fourth-order valence-corrected chi connectivity index (χ4v) is 3.13. The molecule has 4 rings (SSSR count). The van der Waals surface area contributed by atoms with Gasteiger partial charge in [0.05, 0.1) is 18.0 Å². The number of nitrogens with zero attached hydrogens (tertiary/aromatic N) is 4. The standard InChI is InChI=1S/C15H17FN6.ClH/c1-22-8-10(6-19-22)14-20-13-12(9-2-4-17-5-3-9)11(16)7-18-15(13)21-14;/h6-9,17H,2-5H2,1H3,(H,18,20,21);1H. The number of hydrogen-bond donors (Lipinski definition) is 2. The third-order valence-corrected chi connectivity index (χ3v) is 4.23. The Labute approximate surface area is 138 Å². The number of nitrogens with one attached hydrogen (secondary N) is 2. The van der Waals surface area contributed by atoms with Crippen molar-refractivity contribution in [1.82, 2.24) is 30.0 Å². The minimum absolute atomic E-state index is 0. The predicted octanol–water partition coefficient (Wildman–Crippen LogP) is 2.39. The number of fused-ring (bicyclic) bond motifs is 1. The van der Waals surface area contributed by atoms with Crippen LogP contribution in [0.25, 0.3) is 22.6 Å². The lowest BCUT2D eigenvalue weighted by atomic mass is 9.90. The summed E-state index contributed by atoms with van der Waals surface area (Å²) in [4.78, 5) is 11.9. The molecule has 0 unspecified atom stereocenters. The third-order valence-electron chi connectivity index (χ3n) is 4.23. The molecule has 0 aromatic carbocycles. The Morgan fingerprint density at radius 2 is 2.04 bits per heavy atom. The van der Waals surface area contributed by atoms with E-state index in [1.54, 1.807) is 10.9 Å². The van der Waals surface area contributed by atoms with Gasteiger partial charge in [-0.25, -0.2) is 14.4 Å². The van der Waals surface area contributed by atoms with Crippen LogP contribution in [0.15, 0.2) is 18.6 Å². The topological polar surface area (TPSA) is 71.4 Å². The van der Waals surface area contributed by atoms with Gasteiger partial charge in [-0.3, -0.25) is 4.68 Å². The molecule has 4 heterocycles. The minimum Gasteiger partial charge on any atom is -0.323 e. The summed E-state index contributed by atoms with van der Waals surface area (Å²) < 4.78 is 16.1. The van der Waals surface area contributed by atoms with Crippen LogP contribution < -0.4 is 5.32 Å². The molecule has 0 amide bonds. The molecule has 1 aliphatic rings. The molecule has 122 valence electrons. The molecule has 3 aromatic rings. The second-order valence-electron chi connectivity index (χ2n) is 5.73. The quantitative estimate of drug-likeness (QED) is 0.753. The van der Waals surface area contributed by atoms with Crippen molar-refractivity contribution in [2.24, 2.45) is 7.05 Å². The molecular weight excluding hydrogens is 319 g/mol. The van der Waals surface area contributed by atoms with E-state index in [0.29, 0.717) is 22.6 Å². The Morgan fingerprint density at radius 1 is 1.26 bits per heavy atom. The lowest BCUT2D eigenvalue weighted by Gasteiger charge is -2.23. The fraction of sp³-hybridized carbons (Fsp3) is 0.400. The molecule has 8 heteroatoms. The van der Waals surface area contributed by atoms with Gasteiger partial charge in [-0.15, -0.1) is 12.4 Å². The summed E-state index contributed by atoms with van der Waals surface area (Å²) in [6.45, 7) is 1.82. The van der Waals surface area contributed by atoms with Crippen molar-refractivity contribution >= 4 is 23.6 Å². The zero-order chi connectivity index (χ0) is 15.1. The molecule has 0 radical (unpaired) electrons. The van der Waals surface area contributed by atoms with Gasteiger partial charge in [-0.05, 0) is 31.8 Å². The summed E-state index contributed by atoms with van der Waals surface area (Å²) >= 11 is 0. The maximum Gasteiger partial charge on any atom is 0.158 e. The van der Waals surface area contributed by atoms with Crippen LogP contribution in [-0.4, -0.2) is 37.8 Å². The molecule has 1 saturated heterocycles. The first-order valence-corrected chi connectivity index (χ1v) is 7.46. The Hall–Kier alpha value is -1.99. The fourth-order valence-electron chi connectivity index (χ4n) is 3.13. The SMILES string of the molecule is Cl.Cn1cc(-c2nc3c(C4CCNCC4)c(F)cnc3[nH]2)cn1. The van der Waals surface area contributed by atoms with Gasteiger partial charge < -0.3 is 10.3 Å². The van der Waals surface area contributed by atoms with Crippen molar-refractivity contribution in [2.75, 3.05) is 13.1 Å². The van der Waals surface area contributed by atoms with E-state index in [4.69, 9.17) is 0 Å². The number of piperidine rings is 1. The summed E-state index contributed by atoms with van der Waals surface area (Å²) in [6, 6.07) is 0. The van der Waals surface area contributed by atoms with Gasteiger partial charge >= 0.3 is 0 Å². The van der Waals surface area contributed by atoms with Crippen molar-refractivity contribution in [3.05, 3.63) is 30.0 Å². The summed E-state index contributed by atoms with van der Waals surface area (Å²) in [5.74, 6) is 0.608. The van der Waals surface area contributed by atoms with Crippen LogP contribution in [0.3, 0.4) is 0 Å². The van der Waals surface area contributed by atoms with Crippen LogP contribution >= 0.6 is 12.4 Å². The zero-order valence-corrected chi connectivity index (χ0v) is 13.5. The number of aromatic amines is 1. The lowest BCUT2D eigenvalue weighted by molar-refractivity contribution is 0.446. The molecule has 6 nitrogen and oxygen atoms in total. The second kappa shape index (κ2) is 6.25. The van der Waals surface area contributed by atoms with Crippen molar-refractivity contribution in [3.8, 4) is 11.4 Å². The first-order chi connectivity index (χ1) is 10.7. The van der Waals surface area contributed by atoms with E-state index >= 15 is 0 Å². The van der Waals surface area contributed by atoms with Crippen molar-refractivity contribution < 1.29 is 4.39 Å². The monoisotopic (exact) mass is 336 g/mol. The molecule has 0 aliphatic carbocycles. The van der Waals surface area contributed by atoms with Gasteiger partial charge in [0.15, 0.2) is 5.65 Å². The van der Waals surface area contributed by atoms with E-state index in [1.807, 2.05) is 13.2 Å². The summed E-state index contributed by atoms with van der Waals surface area (Å²) in [7, 11) is 1.85. The van der Waals surface area contributed by atoms with Crippen molar-refractivity contribution in [2.45, 2.75) is 18.8 Å². The van der Waals surface area contributed by atoms with Crippen LogP contribution in [0.4, 0.5) is 4.39 Å². The molecular formula is C15H18ClFN6. The number of rotatable bonds is 2. The van der Waals surface area contributed by atoms with Crippen molar-refractivity contribution in [3.63, 3.8) is 0 Å². The first-order valence-electron chi connectivity index (χ1n) is 7.46. The molecule has 0 saturated carbocycles. The van der Waals surface area contributed by atoms with Gasteiger partial charge in [0.25, 0.3) is 0 Å². The lowest BCUT2D eigenvalue weighted by Crippen LogP contribution is -2.27. The highest BCUT2D eigenvalue weighted by molar-refractivity contribution is 5.85. The number of halogens is 2. The Balaban J connectivity index is 0.00000156. The van der Waals surface area contributed by atoms with Gasteiger partial charge in [-0.1, -0.05) is 0 Å². The molecule has 1 fully saturated rings. The van der Waals surface area contributed by atoms with E-state index in [1.165, 1.54) is 6.20 Å². The zero-order valence-electron chi connectivity index (χ0n) is 12.7. The minimum atomic E-state index is -0.261. The summed E-state index contributed by atoms with van der Waals surface area (Å²) in [6.07, 6.45) is 6.75.